The summed E-state index contributed by atoms with van der Waals surface area (Å²) in [7, 11) is 0. The highest BCUT2D eigenvalue weighted by Gasteiger charge is 2.10. The first kappa shape index (κ1) is 15.2. The van der Waals surface area contributed by atoms with Gasteiger partial charge in [-0.05, 0) is 42.2 Å². The number of ether oxygens (including phenoxy) is 1. The van der Waals surface area contributed by atoms with Gasteiger partial charge in [-0.1, -0.05) is 32.9 Å². The largest absolute Gasteiger partial charge is 0.455 e. The van der Waals surface area contributed by atoms with Crippen LogP contribution < -0.4 is 4.74 Å². The number of ketones is 1. The third kappa shape index (κ3) is 3.69. The summed E-state index contributed by atoms with van der Waals surface area (Å²) in [6, 6.07) is 9.72. The van der Waals surface area contributed by atoms with E-state index in [9.17, 15) is 4.79 Å². The second-order valence-electron chi connectivity index (χ2n) is 5.45. The average Bonchev–Trinajstić information content (AvgIpc) is 2.47. The molecule has 0 bridgehead atoms. The Kier molecular flexibility index (Phi) is 4.73. The third-order valence-corrected chi connectivity index (χ3v) is 3.36. The number of pyridine rings is 1. The Morgan fingerprint density at radius 3 is 2.57 bits per heavy atom. The first-order valence-electron chi connectivity index (χ1n) is 7.29. The molecule has 0 saturated heterocycles. The molecule has 3 heteroatoms. The summed E-state index contributed by atoms with van der Waals surface area (Å²) in [5.74, 6) is 1.92. The predicted octanol–water partition coefficient (Wildman–Crippen LogP) is 4.90. The van der Waals surface area contributed by atoms with Gasteiger partial charge in [0.2, 0.25) is 0 Å². The van der Waals surface area contributed by atoms with E-state index in [1.54, 1.807) is 18.3 Å². The minimum atomic E-state index is 0.0416. The van der Waals surface area contributed by atoms with Gasteiger partial charge in [0.25, 0.3) is 0 Å². The number of carbonyl (C=O) groups is 1. The summed E-state index contributed by atoms with van der Waals surface area (Å²) >= 11 is 0. The van der Waals surface area contributed by atoms with E-state index < -0.39 is 0 Å². The van der Waals surface area contributed by atoms with E-state index in [0.717, 1.165) is 16.9 Å². The third-order valence-electron chi connectivity index (χ3n) is 3.36. The van der Waals surface area contributed by atoms with E-state index in [1.165, 1.54) is 0 Å². The molecule has 0 unspecified atom stereocenters. The average molecular weight is 283 g/mol. The van der Waals surface area contributed by atoms with Gasteiger partial charge < -0.3 is 4.74 Å². The molecule has 1 aromatic heterocycles. The molecule has 110 valence electrons. The Morgan fingerprint density at radius 2 is 2.00 bits per heavy atom. The summed E-state index contributed by atoms with van der Waals surface area (Å²) in [5, 5.41) is 0. The number of nitrogens with zero attached hydrogens (tertiary/aromatic N) is 1. The van der Waals surface area contributed by atoms with Crippen molar-refractivity contribution >= 4 is 5.78 Å². The summed E-state index contributed by atoms with van der Waals surface area (Å²) in [5.41, 5.74) is 2.80. The Balaban J connectivity index is 2.26. The summed E-state index contributed by atoms with van der Waals surface area (Å²) in [4.78, 5) is 15.7. The van der Waals surface area contributed by atoms with Crippen molar-refractivity contribution in [2.75, 3.05) is 0 Å². The SMILES string of the molecule is CCC(=O)c1ccc(Oc2cc(C)ccc2C(C)C)cn1. The highest BCUT2D eigenvalue weighted by molar-refractivity contribution is 5.93. The summed E-state index contributed by atoms with van der Waals surface area (Å²) < 4.78 is 5.95. The molecule has 0 aliphatic rings. The van der Waals surface area contributed by atoms with E-state index >= 15 is 0 Å². The van der Waals surface area contributed by atoms with E-state index in [1.807, 2.05) is 19.9 Å². The number of benzene rings is 1. The van der Waals surface area contributed by atoms with Crippen LogP contribution in [-0.2, 0) is 0 Å². The van der Waals surface area contributed by atoms with Crippen molar-refractivity contribution in [2.24, 2.45) is 0 Å². The molecule has 0 amide bonds. The quantitative estimate of drug-likeness (QED) is 0.733. The smallest absolute Gasteiger partial charge is 0.180 e. The molecular formula is C18H21NO2. The normalized spacial score (nSPS) is 10.7. The van der Waals surface area contributed by atoms with Crippen LogP contribution in [0.5, 0.6) is 11.5 Å². The second kappa shape index (κ2) is 6.53. The van der Waals surface area contributed by atoms with Gasteiger partial charge in [0.15, 0.2) is 5.78 Å². The lowest BCUT2D eigenvalue weighted by Gasteiger charge is -2.14. The molecule has 0 aliphatic carbocycles. The molecule has 1 aromatic carbocycles. The number of hydrogen-bond acceptors (Lipinski definition) is 3. The molecule has 0 spiro atoms. The van der Waals surface area contributed by atoms with Crippen molar-refractivity contribution < 1.29 is 9.53 Å². The topological polar surface area (TPSA) is 39.2 Å². The zero-order chi connectivity index (χ0) is 15.4. The van der Waals surface area contributed by atoms with Crippen LogP contribution in [0.15, 0.2) is 36.5 Å². The molecule has 0 aliphatic heterocycles. The highest BCUT2D eigenvalue weighted by atomic mass is 16.5. The van der Waals surface area contributed by atoms with Crippen molar-refractivity contribution in [3.05, 3.63) is 53.3 Å². The van der Waals surface area contributed by atoms with Crippen molar-refractivity contribution in [3.63, 3.8) is 0 Å². The summed E-state index contributed by atoms with van der Waals surface area (Å²) in [6.45, 7) is 8.14. The first-order valence-corrected chi connectivity index (χ1v) is 7.29. The number of carbonyl (C=O) groups excluding carboxylic acids is 1. The van der Waals surface area contributed by atoms with Gasteiger partial charge >= 0.3 is 0 Å². The second-order valence-corrected chi connectivity index (χ2v) is 5.45. The Bertz CT molecular complexity index is 630. The molecule has 0 atom stereocenters. The van der Waals surface area contributed by atoms with Gasteiger partial charge in [-0.3, -0.25) is 4.79 Å². The first-order chi connectivity index (χ1) is 10.0. The fourth-order valence-electron chi connectivity index (χ4n) is 2.12. The van der Waals surface area contributed by atoms with E-state index in [4.69, 9.17) is 4.74 Å². The van der Waals surface area contributed by atoms with E-state index in [0.29, 0.717) is 23.8 Å². The van der Waals surface area contributed by atoms with Crippen LogP contribution in [0, 0.1) is 6.92 Å². The Morgan fingerprint density at radius 1 is 1.24 bits per heavy atom. The van der Waals surface area contributed by atoms with Crippen molar-refractivity contribution in [3.8, 4) is 11.5 Å². The number of Topliss-reactive ketones (excluding diaryl/α,β-unsaturated/α-hetero) is 1. The lowest BCUT2D eigenvalue weighted by atomic mass is 10.0. The van der Waals surface area contributed by atoms with Crippen LogP contribution in [0.1, 0.15) is 54.7 Å². The molecule has 2 rings (SSSR count). The van der Waals surface area contributed by atoms with Crippen molar-refractivity contribution in [1.29, 1.82) is 0 Å². The molecule has 0 fully saturated rings. The van der Waals surface area contributed by atoms with Gasteiger partial charge in [-0.25, -0.2) is 4.98 Å². The van der Waals surface area contributed by atoms with Crippen LogP contribution in [0.4, 0.5) is 0 Å². The lowest BCUT2D eigenvalue weighted by molar-refractivity contribution is 0.0983. The van der Waals surface area contributed by atoms with Crippen molar-refractivity contribution in [2.45, 2.75) is 40.0 Å². The molecule has 1 heterocycles. The number of hydrogen-bond donors (Lipinski definition) is 0. The molecular weight excluding hydrogens is 262 g/mol. The molecule has 3 nitrogen and oxygen atoms in total. The molecule has 21 heavy (non-hydrogen) atoms. The molecule has 0 saturated carbocycles. The van der Waals surface area contributed by atoms with Gasteiger partial charge in [0.1, 0.15) is 17.2 Å². The maximum atomic E-state index is 11.6. The monoisotopic (exact) mass is 283 g/mol. The Labute approximate surface area is 126 Å². The van der Waals surface area contributed by atoms with Crippen LogP contribution in [0.3, 0.4) is 0 Å². The standard InChI is InChI=1S/C18H21NO2/c1-5-17(20)16-9-7-14(11-19-16)21-18-10-13(4)6-8-15(18)12(2)3/h6-12H,5H2,1-4H3. The van der Waals surface area contributed by atoms with Crippen LogP contribution in [0.2, 0.25) is 0 Å². The van der Waals surface area contributed by atoms with Crippen molar-refractivity contribution in [1.82, 2.24) is 4.98 Å². The maximum absolute atomic E-state index is 11.6. The van der Waals surface area contributed by atoms with Gasteiger partial charge in [0.05, 0.1) is 6.20 Å². The molecule has 0 N–H and O–H groups in total. The minimum absolute atomic E-state index is 0.0416. The van der Waals surface area contributed by atoms with Crippen LogP contribution >= 0.6 is 0 Å². The van der Waals surface area contributed by atoms with Gasteiger partial charge in [-0.15, -0.1) is 0 Å². The number of aryl methyl sites for hydroxylation is 1. The minimum Gasteiger partial charge on any atom is -0.455 e. The maximum Gasteiger partial charge on any atom is 0.180 e. The molecule has 0 radical (unpaired) electrons. The molecule has 2 aromatic rings. The fourth-order valence-corrected chi connectivity index (χ4v) is 2.12. The van der Waals surface area contributed by atoms with E-state index in [-0.39, 0.29) is 5.78 Å². The zero-order valence-corrected chi connectivity index (χ0v) is 13.0. The summed E-state index contributed by atoms with van der Waals surface area (Å²) in [6.07, 6.45) is 2.07. The van der Waals surface area contributed by atoms with E-state index in [2.05, 4.69) is 31.0 Å². The van der Waals surface area contributed by atoms with Gasteiger partial charge in [-0.2, -0.15) is 0 Å². The van der Waals surface area contributed by atoms with Gasteiger partial charge in [0, 0.05) is 6.42 Å². The number of aromatic nitrogens is 1. The predicted molar refractivity (Wildman–Crippen MR) is 84.2 cm³/mol. The van der Waals surface area contributed by atoms with Crippen LogP contribution in [0.25, 0.3) is 0 Å². The zero-order valence-electron chi connectivity index (χ0n) is 13.0. The van der Waals surface area contributed by atoms with Crippen LogP contribution in [-0.4, -0.2) is 10.8 Å². The highest BCUT2D eigenvalue weighted by Crippen LogP contribution is 2.31. The number of rotatable bonds is 5. The Hall–Kier alpha value is -2.16. The lowest BCUT2D eigenvalue weighted by Crippen LogP contribution is -2.00. The fraction of sp³-hybridized carbons (Fsp3) is 0.333.